The van der Waals surface area contributed by atoms with Crippen molar-refractivity contribution in [3.05, 3.63) is 35.4 Å². The van der Waals surface area contributed by atoms with Gasteiger partial charge in [-0.05, 0) is 25.2 Å². The first-order valence-corrected chi connectivity index (χ1v) is 5.57. The van der Waals surface area contributed by atoms with E-state index in [0.717, 1.165) is 12.1 Å². The van der Waals surface area contributed by atoms with Crippen LogP contribution in [0, 0.1) is 17.0 Å². The predicted octanol–water partition coefficient (Wildman–Crippen LogP) is 2.42. The Labute approximate surface area is 101 Å². The van der Waals surface area contributed by atoms with E-state index in [-0.39, 0.29) is 12.0 Å². The third-order valence-corrected chi connectivity index (χ3v) is 2.57. The molecule has 1 rings (SSSR count). The predicted molar refractivity (Wildman–Crippen MR) is 63.6 cm³/mol. The number of hydrogen-bond acceptors (Lipinski definition) is 2. The van der Waals surface area contributed by atoms with Crippen LogP contribution in [0.3, 0.4) is 0 Å². The van der Waals surface area contributed by atoms with Crippen LogP contribution >= 0.6 is 0 Å². The van der Waals surface area contributed by atoms with Gasteiger partial charge in [0.1, 0.15) is 11.6 Å². The lowest BCUT2D eigenvalue weighted by molar-refractivity contribution is 0.112. The molecule has 1 aromatic rings. The van der Waals surface area contributed by atoms with Crippen molar-refractivity contribution in [2.45, 2.75) is 20.4 Å². The Hall–Kier alpha value is -1.00. The van der Waals surface area contributed by atoms with E-state index in [2.05, 4.69) is 0 Å². The van der Waals surface area contributed by atoms with Gasteiger partial charge in [-0.1, -0.05) is 13.8 Å². The van der Waals surface area contributed by atoms with Crippen LogP contribution in [-0.2, 0) is 6.54 Å². The van der Waals surface area contributed by atoms with Crippen LogP contribution in [0.2, 0.25) is 0 Å². The van der Waals surface area contributed by atoms with Gasteiger partial charge in [0, 0.05) is 30.7 Å². The van der Waals surface area contributed by atoms with E-state index in [1.807, 2.05) is 25.8 Å². The molecule has 0 aliphatic rings. The van der Waals surface area contributed by atoms with Crippen LogP contribution in [0.5, 0.6) is 0 Å². The summed E-state index contributed by atoms with van der Waals surface area (Å²) in [6.45, 7) is 4.84. The molecule has 0 radical (unpaired) electrons. The highest BCUT2D eigenvalue weighted by Crippen LogP contribution is 2.18. The Kier molecular flexibility index (Phi) is 4.60. The molecule has 0 aliphatic heterocycles. The average molecular weight is 243 g/mol. The second kappa shape index (κ2) is 5.56. The van der Waals surface area contributed by atoms with Crippen LogP contribution in [0.25, 0.3) is 0 Å². The maximum Gasteiger partial charge on any atom is 0.127 e. The van der Waals surface area contributed by atoms with Crippen molar-refractivity contribution in [1.82, 2.24) is 4.90 Å². The number of benzene rings is 1. The molecule has 0 heterocycles. The fraction of sp³-hybridized carbons (Fsp3) is 0.538. The third-order valence-electron chi connectivity index (χ3n) is 2.57. The zero-order chi connectivity index (χ0) is 13.1. The first kappa shape index (κ1) is 14.1. The van der Waals surface area contributed by atoms with Gasteiger partial charge in [0.15, 0.2) is 0 Å². The Morgan fingerprint density at radius 2 is 1.94 bits per heavy atom. The van der Waals surface area contributed by atoms with Gasteiger partial charge < -0.3 is 10.0 Å². The van der Waals surface area contributed by atoms with Crippen molar-refractivity contribution in [2.24, 2.45) is 5.41 Å². The number of halogens is 2. The van der Waals surface area contributed by atoms with Gasteiger partial charge in [-0.15, -0.1) is 0 Å². The summed E-state index contributed by atoms with van der Waals surface area (Å²) >= 11 is 0. The minimum Gasteiger partial charge on any atom is -0.396 e. The molecule has 0 saturated carbocycles. The van der Waals surface area contributed by atoms with Crippen molar-refractivity contribution >= 4 is 0 Å². The van der Waals surface area contributed by atoms with Gasteiger partial charge in [0.25, 0.3) is 0 Å². The van der Waals surface area contributed by atoms with Crippen molar-refractivity contribution in [2.75, 3.05) is 20.2 Å². The van der Waals surface area contributed by atoms with E-state index in [9.17, 15) is 8.78 Å². The molecule has 0 fully saturated rings. The second-order valence-electron chi connectivity index (χ2n) is 5.23. The fourth-order valence-electron chi connectivity index (χ4n) is 1.79. The minimum atomic E-state index is -0.434. The molecule has 0 amide bonds. The van der Waals surface area contributed by atoms with Crippen LogP contribution in [0.4, 0.5) is 8.78 Å². The molecule has 2 nitrogen and oxygen atoms in total. The van der Waals surface area contributed by atoms with E-state index in [1.165, 1.54) is 6.07 Å². The molecular weight excluding hydrogens is 224 g/mol. The van der Waals surface area contributed by atoms with E-state index in [1.54, 1.807) is 0 Å². The Balaban J connectivity index is 2.68. The highest BCUT2D eigenvalue weighted by atomic mass is 19.1. The number of nitrogens with zero attached hydrogens (tertiary/aromatic N) is 1. The van der Waals surface area contributed by atoms with E-state index in [4.69, 9.17) is 5.11 Å². The topological polar surface area (TPSA) is 23.5 Å². The van der Waals surface area contributed by atoms with Gasteiger partial charge in [-0.2, -0.15) is 0 Å². The van der Waals surface area contributed by atoms with Gasteiger partial charge >= 0.3 is 0 Å². The summed E-state index contributed by atoms with van der Waals surface area (Å²) < 4.78 is 26.4. The van der Waals surface area contributed by atoms with Gasteiger partial charge in [-0.3, -0.25) is 0 Å². The van der Waals surface area contributed by atoms with Crippen LogP contribution in [0.1, 0.15) is 19.4 Å². The molecular formula is C13H19F2NO. The fourth-order valence-corrected chi connectivity index (χ4v) is 1.79. The Bertz CT molecular complexity index is 380. The first-order chi connectivity index (χ1) is 7.84. The highest BCUT2D eigenvalue weighted by molar-refractivity contribution is 5.18. The number of aliphatic hydroxyl groups is 1. The summed E-state index contributed by atoms with van der Waals surface area (Å²) in [6, 6.07) is 3.45. The van der Waals surface area contributed by atoms with E-state index >= 15 is 0 Å². The molecule has 0 saturated heterocycles. The molecule has 1 aromatic carbocycles. The summed E-state index contributed by atoms with van der Waals surface area (Å²) in [4.78, 5) is 1.87. The quantitative estimate of drug-likeness (QED) is 0.858. The maximum absolute atomic E-state index is 13.4. The summed E-state index contributed by atoms with van der Waals surface area (Å²) in [5.74, 6) is -0.837. The molecule has 0 aromatic heterocycles. The molecule has 4 heteroatoms. The molecule has 0 atom stereocenters. The average Bonchev–Trinajstić information content (AvgIpc) is 2.23. The lowest BCUT2D eigenvalue weighted by Crippen LogP contribution is -2.33. The molecule has 0 unspecified atom stereocenters. The van der Waals surface area contributed by atoms with Crippen LogP contribution in [-0.4, -0.2) is 30.2 Å². The van der Waals surface area contributed by atoms with Crippen LogP contribution < -0.4 is 0 Å². The summed E-state index contributed by atoms with van der Waals surface area (Å²) in [6.07, 6.45) is 0. The first-order valence-electron chi connectivity index (χ1n) is 5.57. The molecule has 1 N–H and O–H groups in total. The number of rotatable bonds is 5. The van der Waals surface area contributed by atoms with Crippen LogP contribution in [0.15, 0.2) is 18.2 Å². The molecule has 0 spiro atoms. The normalized spacial score (nSPS) is 12.2. The maximum atomic E-state index is 13.4. The molecule has 0 aliphatic carbocycles. The standard InChI is InChI=1S/C13H19F2NO/c1-13(2,9-17)8-16(3)7-10-6-11(14)4-5-12(10)15/h4-6,17H,7-9H2,1-3H3. The Morgan fingerprint density at radius 1 is 1.29 bits per heavy atom. The zero-order valence-electron chi connectivity index (χ0n) is 10.5. The Morgan fingerprint density at radius 3 is 2.53 bits per heavy atom. The van der Waals surface area contributed by atoms with Gasteiger partial charge in [-0.25, -0.2) is 8.78 Å². The summed E-state index contributed by atoms with van der Waals surface area (Å²) in [5, 5.41) is 9.15. The van der Waals surface area contributed by atoms with Crippen molar-refractivity contribution in [3.63, 3.8) is 0 Å². The van der Waals surface area contributed by atoms with E-state index < -0.39 is 11.6 Å². The molecule has 0 bridgehead atoms. The molecule has 96 valence electrons. The minimum absolute atomic E-state index is 0.0585. The monoisotopic (exact) mass is 243 g/mol. The summed E-state index contributed by atoms with van der Waals surface area (Å²) in [7, 11) is 1.82. The lowest BCUT2D eigenvalue weighted by Gasteiger charge is -2.28. The van der Waals surface area contributed by atoms with Crippen molar-refractivity contribution in [3.8, 4) is 0 Å². The smallest absolute Gasteiger partial charge is 0.127 e. The largest absolute Gasteiger partial charge is 0.396 e. The SMILES string of the molecule is CN(Cc1cc(F)ccc1F)CC(C)(C)CO. The third kappa shape index (κ3) is 4.40. The van der Waals surface area contributed by atoms with E-state index in [0.29, 0.717) is 18.7 Å². The van der Waals surface area contributed by atoms with Gasteiger partial charge in [0.05, 0.1) is 0 Å². The number of hydrogen-bond donors (Lipinski definition) is 1. The zero-order valence-corrected chi connectivity index (χ0v) is 10.5. The lowest BCUT2D eigenvalue weighted by atomic mass is 9.94. The molecule has 17 heavy (non-hydrogen) atoms. The summed E-state index contributed by atoms with van der Waals surface area (Å²) in [5.41, 5.74) is 0.0830. The highest BCUT2D eigenvalue weighted by Gasteiger charge is 2.19. The van der Waals surface area contributed by atoms with Crippen molar-refractivity contribution < 1.29 is 13.9 Å². The van der Waals surface area contributed by atoms with Crippen molar-refractivity contribution in [1.29, 1.82) is 0 Å². The second-order valence-corrected chi connectivity index (χ2v) is 5.23. The number of aliphatic hydroxyl groups excluding tert-OH is 1. The van der Waals surface area contributed by atoms with Gasteiger partial charge in [0.2, 0.25) is 0 Å².